The molecule has 0 saturated heterocycles. The molecule has 0 bridgehead atoms. The zero-order valence-electron chi connectivity index (χ0n) is 10.7. The van der Waals surface area contributed by atoms with E-state index in [1.165, 1.54) is 12.3 Å². The van der Waals surface area contributed by atoms with Gasteiger partial charge in [-0.1, -0.05) is 30.3 Å². The lowest BCUT2D eigenvalue weighted by Gasteiger charge is -2.06. The Bertz CT molecular complexity index is 587. The molecule has 6 nitrogen and oxygen atoms in total. The van der Waals surface area contributed by atoms with Crippen molar-refractivity contribution in [3.05, 3.63) is 59.7 Å². The molecule has 2 rings (SSSR count). The SMILES string of the molecule is O=Cc1ccnc(CNC(=O)OCc2ccccc2)n1. The van der Waals surface area contributed by atoms with Crippen LogP contribution < -0.4 is 5.32 Å². The van der Waals surface area contributed by atoms with Crippen LogP contribution in [0, 0.1) is 0 Å². The van der Waals surface area contributed by atoms with Crippen LogP contribution in [-0.4, -0.2) is 22.3 Å². The van der Waals surface area contributed by atoms with Crippen LogP contribution in [0.15, 0.2) is 42.6 Å². The first-order chi connectivity index (χ1) is 9.78. The van der Waals surface area contributed by atoms with E-state index in [0.717, 1.165) is 5.56 Å². The van der Waals surface area contributed by atoms with E-state index in [2.05, 4.69) is 15.3 Å². The Labute approximate surface area is 115 Å². The number of hydrogen-bond donors (Lipinski definition) is 1. The predicted octanol–water partition coefficient (Wildman–Crippen LogP) is 1.72. The van der Waals surface area contributed by atoms with Crippen LogP contribution in [0.3, 0.4) is 0 Å². The van der Waals surface area contributed by atoms with Crippen molar-refractivity contribution in [2.24, 2.45) is 0 Å². The zero-order valence-corrected chi connectivity index (χ0v) is 10.7. The van der Waals surface area contributed by atoms with E-state index >= 15 is 0 Å². The molecule has 0 atom stereocenters. The van der Waals surface area contributed by atoms with Crippen LogP contribution in [0.2, 0.25) is 0 Å². The van der Waals surface area contributed by atoms with Crippen molar-refractivity contribution in [3.63, 3.8) is 0 Å². The smallest absolute Gasteiger partial charge is 0.407 e. The number of ether oxygens (including phenoxy) is 1. The van der Waals surface area contributed by atoms with Crippen LogP contribution in [0.25, 0.3) is 0 Å². The molecule has 1 heterocycles. The molecule has 102 valence electrons. The highest BCUT2D eigenvalue weighted by Crippen LogP contribution is 2.00. The Morgan fingerprint density at radius 1 is 1.25 bits per heavy atom. The van der Waals surface area contributed by atoms with E-state index < -0.39 is 6.09 Å². The van der Waals surface area contributed by atoms with E-state index in [1.807, 2.05) is 30.3 Å². The lowest BCUT2D eigenvalue weighted by Crippen LogP contribution is -2.24. The second-order valence-electron chi connectivity index (χ2n) is 3.93. The fourth-order valence-corrected chi connectivity index (χ4v) is 1.49. The van der Waals surface area contributed by atoms with Gasteiger partial charge in [0.05, 0.1) is 6.54 Å². The monoisotopic (exact) mass is 271 g/mol. The predicted molar refractivity (Wildman–Crippen MR) is 70.9 cm³/mol. The summed E-state index contributed by atoms with van der Waals surface area (Å²) in [5.41, 5.74) is 1.18. The largest absolute Gasteiger partial charge is 0.445 e. The standard InChI is InChI=1S/C14H13N3O3/c18-9-12-6-7-15-13(17-12)8-16-14(19)20-10-11-4-2-1-3-5-11/h1-7,9H,8,10H2,(H,16,19). The van der Waals surface area contributed by atoms with Gasteiger partial charge in [0.25, 0.3) is 0 Å². The molecular weight excluding hydrogens is 258 g/mol. The van der Waals surface area contributed by atoms with E-state index in [0.29, 0.717) is 12.1 Å². The zero-order chi connectivity index (χ0) is 14.2. The molecule has 6 heteroatoms. The topological polar surface area (TPSA) is 81.2 Å². The fraction of sp³-hybridized carbons (Fsp3) is 0.143. The highest BCUT2D eigenvalue weighted by molar-refractivity contribution is 5.71. The Morgan fingerprint density at radius 2 is 2.05 bits per heavy atom. The van der Waals surface area contributed by atoms with Crippen LogP contribution in [0.1, 0.15) is 21.9 Å². The molecule has 1 aromatic heterocycles. The van der Waals surface area contributed by atoms with Crippen LogP contribution in [0.5, 0.6) is 0 Å². The molecule has 2 aromatic rings. The number of nitrogens with zero attached hydrogens (tertiary/aromatic N) is 2. The third kappa shape index (κ3) is 4.16. The third-order valence-electron chi connectivity index (χ3n) is 2.45. The molecule has 0 saturated carbocycles. The highest BCUT2D eigenvalue weighted by Gasteiger charge is 2.04. The van der Waals surface area contributed by atoms with Crippen molar-refractivity contribution < 1.29 is 14.3 Å². The molecule has 20 heavy (non-hydrogen) atoms. The Kier molecular flexibility index (Phi) is 4.77. The van der Waals surface area contributed by atoms with Gasteiger partial charge in [-0.2, -0.15) is 0 Å². The van der Waals surface area contributed by atoms with Crippen molar-refractivity contribution in [2.75, 3.05) is 0 Å². The van der Waals surface area contributed by atoms with Crippen molar-refractivity contribution in [3.8, 4) is 0 Å². The summed E-state index contributed by atoms with van der Waals surface area (Å²) in [5.74, 6) is 0.353. The van der Waals surface area contributed by atoms with Crippen LogP contribution >= 0.6 is 0 Å². The minimum atomic E-state index is -0.561. The van der Waals surface area contributed by atoms with E-state index in [9.17, 15) is 9.59 Å². The molecule has 0 aliphatic rings. The fourth-order valence-electron chi connectivity index (χ4n) is 1.49. The summed E-state index contributed by atoms with van der Waals surface area (Å²) in [6.07, 6.45) is 1.52. The van der Waals surface area contributed by atoms with Gasteiger partial charge in [-0.15, -0.1) is 0 Å². The average molecular weight is 271 g/mol. The summed E-state index contributed by atoms with van der Waals surface area (Å²) in [7, 11) is 0. The van der Waals surface area contributed by atoms with E-state index in [-0.39, 0.29) is 18.8 Å². The summed E-state index contributed by atoms with van der Waals surface area (Å²) in [6, 6.07) is 10.9. The molecule has 1 aromatic carbocycles. The number of aromatic nitrogens is 2. The Hall–Kier alpha value is -2.76. The number of benzene rings is 1. The van der Waals surface area contributed by atoms with Gasteiger partial charge in [-0.3, -0.25) is 4.79 Å². The normalized spacial score (nSPS) is 9.80. The van der Waals surface area contributed by atoms with E-state index in [4.69, 9.17) is 4.74 Å². The molecule has 0 aliphatic heterocycles. The second kappa shape index (κ2) is 6.98. The van der Waals surface area contributed by atoms with Gasteiger partial charge in [0, 0.05) is 6.20 Å². The lowest BCUT2D eigenvalue weighted by atomic mass is 10.2. The third-order valence-corrected chi connectivity index (χ3v) is 2.45. The van der Waals surface area contributed by atoms with Crippen molar-refractivity contribution in [2.45, 2.75) is 13.2 Å². The Morgan fingerprint density at radius 3 is 2.80 bits per heavy atom. The molecular formula is C14H13N3O3. The number of aldehydes is 1. The van der Waals surface area contributed by atoms with Crippen molar-refractivity contribution in [1.82, 2.24) is 15.3 Å². The van der Waals surface area contributed by atoms with Crippen LogP contribution in [-0.2, 0) is 17.9 Å². The first-order valence-electron chi connectivity index (χ1n) is 5.99. The maximum absolute atomic E-state index is 11.5. The molecule has 1 N–H and O–H groups in total. The number of hydrogen-bond acceptors (Lipinski definition) is 5. The summed E-state index contributed by atoms with van der Waals surface area (Å²) in [5, 5.41) is 2.52. The molecule has 0 aliphatic carbocycles. The molecule has 0 radical (unpaired) electrons. The second-order valence-corrected chi connectivity index (χ2v) is 3.93. The van der Waals surface area contributed by atoms with E-state index in [1.54, 1.807) is 0 Å². The van der Waals surface area contributed by atoms with Gasteiger partial charge >= 0.3 is 6.09 Å². The number of alkyl carbamates (subject to hydrolysis) is 1. The van der Waals surface area contributed by atoms with Gasteiger partial charge in [0.2, 0.25) is 0 Å². The molecule has 0 fully saturated rings. The summed E-state index contributed by atoms with van der Waals surface area (Å²) in [4.78, 5) is 29.9. The van der Waals surface area contributed by atoms with Gasteiger partial charge < -0.3 is 10.1 Å². The van der Waals surface area contributed by atoms with Crippen molar-refractivity contribution in [1.29, 1.82) is 0 Å². The maximum atomic E-state index is 11.5. The van der Waals surface area contributed by atoms with Gasteiger partial charge in [-0.25, -0.2) is 14.8 Å². The number of carbonyl (C=O) groups is 2. The number of rotatable bonds is 5. The summed E-state index contributed by atoms with van der Waals surface area (Å²) < 4.78 is 5.03. The van der Waals surface area contributed by atoms with Crippen LogP contribution in [0.4, 0.5) is 4.79 Å². The first-order valence-corrected chi connectivity index (χ1v) is 5.99. The quantitative estimate of drug-likeness (QED) is 0.837. The molecule has 0 spiro atoms. The lowest BCUT2D eigenvalue weighted by molar-refractivity contribution is 0.111. The summed E-state index contributed by atoms with van der Waals surface area (Å²) in [6.45, 7) is 0.303. The number of amides is 1. The molecule has 0 unspecified atom stereocenters. The minimum Gasteiger partial charge on any atom is -0.445 e. The van der Waals surface area contributed by atoms with Crippen molar-refractivity contribution >= 4 is 12.4 Å². The van der Waals surface area contributed by atoms with Gasteiger partial charge in [0.1, 0.15) is 18.1 Å². The van der Waals surface area contributed by atoms with Gasteiger partial charge in [-0.05, 0) is 11.6 Å². The van der Waals surface area contributed by atoms with Gasteiger partial charge in [0.15, 0.2) is 6.29 Å². The summed E-state index contributed by atoms with van der Waals surface area (Å²) >= 11 is 0. The number of nitrogens with one attached hydrogen (secondary N) is 1. The first kappa shape index (κ1) is 13.7. The maximum Gasteiger partial charge on any atom is 0.407 e. The average Bonchev–Trinajstić information content (AvgIpc) is 2.52. The highest BCUT2D eigenvalue weighted by atomic mass is 16.5. The minimum absolute atomic E-state index is 0.106. The number of carbonyl (C=O) groups excluding carboxylic acids is 2. The molecule has 1 amide bonds. The Balaban J connectivity index is 1.78.